The van der Waals surface area contributed by atoms with Crippen LogP contribution in [0.15, 0.2) is 115 Å². The Bertz CT molecular complexity index is 6570. The van der Waals surface area contributed by atoms with Crippen LogP contribution in [0, 0.1) is 31.8 Å². The van der Waals surface area contributed by atoms with Gasteiger partial charge < -0.3 is 135 Å². The molecule has 6 aromatic heterocycles. The van der Waals surface area contributed by atoms with Gasteiger partial charge >= 0.3 is 12.0 Å². The first-order chi connectivity index (χ1) is 66.1. The molecular weight excluding hydrogens is 1980 g/mol. The Labute approximate surface area is 824 Å². The summed E-state index contributed by atoms with van der Waals surface area (Å²) in [6, 6.07) is 18.7. The maximum absolute atomic E-state index is 13.9. The standard InChI is InChI=1S/C17H24N4O3.C16H17IN4O2.C16H22N4O4S.C15H17F3N4O3.C14H17FN4O2.C14H17N5O4/c1-9(2)10-6-13(23-5)11(17(3,4)22)7-12(10)24-14-8-20-16(19)21-15(14)18;1-4-5-22-13-6-10(9(2)3)12(7-11(13)17)23-14-8-20-16(19)21-15(14)18;1-5-25(21,22)14-7-11(10(9(2)3)6-12(14)23-4)24-13-8-19-16(18)20-15(13)17;1-7(2)8-4-10(23-3)11(25-15(16,17)18)5-9(8)24-12-6-21-14(20)22-13(12)19;1-7(2)8-4-11(20-3)9(15)5-10(8)21-12-6-18-14(17)19-13(12)16;1-7(2)8-4-11(22-3)9(19(20)21)5-10(8)23-12-6-17-14(16)18-13(12)15/h6-9,22H,1-5H3,(H4,18,19,20,21);1,6-9H,5H2,2-3H3,(H4,18,19,20,21);6-9H,5H2,1-4H3,(H4,17,18,19,20);4-7H,1-3H3,(H4,19,20,21,22);4-7H,1-3H3,(H4,16,17,18,19);4-7H,1-3H3,(H4,15,16,17,18). The van der Waals surface area contributed by atoms with Gasteiger partial charge in [0.15, 0.2) is 108 Å². The monoisotopic (exact) mass is 2090 g/mol. The van der Waals surface area contributed by atoms with E-state index in [9.17, 15) is 41.2 Å². The molecule has 6 heterocycles. The lowest BCUT2D eigenvalue weighted by Gasteiger charge is -2.24. The molecular formula is C92H114F4IN25O18S. The maximum Gasteiger partial charge on any atom is 0.573 e. The first kappa shape index (κ1) is 112. The van der Waals surface area contributed by atoms with E-state index in [2.05, 4.69) is 107 Å². The van der Waals surface area contributed by atoms with Gasteiger partial charge in [0.1, 0.15) is 63.2 Å². The number of sulfone groups is 1. The molecule has 0 fully saturated rings. The number of nitrogens with two attached hydrogens (primary N) is 12. The zero-order valence-electron chi connectivity index (χ0n) is 80.8. The second-order valence-corrected chi connectivity index (χ2v) is 35.7. The normalized spacial score (nSPS) is 11.1. The highest BCUT2D eigenvalue weighted by atomic mass is 127. The number of nitro benzene ring substituents is 1. The smallest absolute Gasteiger partial charge is 0.496 e. The number of halogens is 5. The molecule has 12 aromatic rings. The summed E-state index contributed by atoms with van der Waals surface area (Å²) < 4.78 is 147. The third-order valence-corrected chi connectivity index (χ3v) is 22.1. The van der Waals surface area contributed by atoms with Crippen molar-refractivity contribution in [2.24, 2.45) is 0 Å². The Balaban J connectivity index is 0.000000230. The molecule has 49 heteroatoms. The van der Waals surface area contributed by atoms with Crippen molar-refractivity contribution in [2.75, 3.05) is 117 Å². The van der Waals surface area contributed by atoms with E-state index in [1.165, 1.54) is 89.9 Å². The number of anilines is 12. The molecule has 0 aliphatic heterocycles. The van der Waals surface area contributed by atoms with Crippen LogP contribution in [0.1, 0.15) is 178 Å². The van der Waals surface area contributed by atoms with Crippen LogP contribution in [0.3, 0.4) is 0 Å². The Kier molecular flexibility index (Phi) is 39.3. The van der Waals surface area contributed by atoms with Gasteiger partial charge in [-0.05, 0) is 120 Å². The summed E-state index contributed by atoms with van der Waals surface area (Å²) in [7, 11) is 3.53. The number of aromatic nitrogens is 12. The van der Waals surface area contributed by atoms with E-state index in [0.29, 0.717) is 51.4 Å². The molecule has 0 atom stereocenters. The molecule has 0 saturated carbocycles. The Hall–Kier alpha value is -15.9. The molecule has 43 nitrogen and oxygen atoms in total. The van der Waals surface area contributed by atoms with Crippen molar-refractivity contribution in [2.45, 2.75) is 156 Å². The van der Waals surface area contributed by atoms with Gasteiger partial charge in [0.25, 0.3) is 0 Å². The number of nitrogen functional groups attached to an aromatic ring is 12. The van der Waals surface area contributed by atoms with Gasteiger partial charge in [0, 0.05) is 57.1 Å². The van der Waals surface area contributed by atoms with Crippen LogP contribution in [0.2, 0.25) is 0 Å². The zero-order chi connectivity index (χ0) is 105. The molecule has 0 bridgehead atoms. The molecule has 0 aliphatic rings. The van der Waals surface area contributed by atoms with Gasteiger partial charge in [-0.3, -0.25) is 10.1 Å². The van der Waals surface area contributed by atoms with E-state index < -0.39 is 38.3 Å². The number of benzene rings is 6. The van der Waals surface area contributed by atoms with Gasteiger partial charge in [-0.1, -0.05) is 95.9 Å². The van der Waals surface area contributed by atoms with Crippen molar-refractivity contribution in [3.63, 3.8) is 0 Å². The average molecular weight is 2090 g/mol. The minimum atomic E-state index is -4.88. The lowest BCUT2D eigenvalue weighted by molar-refractivity contribution is -0.385. The fraction of sp³-hybridized carbons (Fsp3) is 0.326. The molecule has 0 radical (unpaired) electrons. The van der Waals surface area contributed by atoms with Crippen LogP contribution in [0.4, 0.5) is 93.8 Å². The summed E-state index contributed by atoms with van der Waals surface area (Å²) in [6.45, 7) is 28.7. The number of terminal acetylenes is 1. The first-order valence-corrected chi connectivity index (χ1v) is 45.2. The maximum atomic E-state index is 13.9. The van der Waals surface area contributed by atoms with Crippen molar-refractivity contribution >= 4 is 109 Å². The summed E-state index contributed by atoms with van der Waals surface area (Å²) in [4.78, 5) is 56.7. The summed E-state index contributed by atoms with van der Waals surface area (Å²) in [5, 5.41) is 21.6. The van der Waals surface area contributed by atoms with Crippen LogP contribution in [-0.4, -0.2) is 133 Å². The zero-order valence-corrected chi connectivity index (χ0v) is 83.7. The topological polar surface area (TPSA) is 684 Å². The Morgan fingerprint density at radius 2 is 0.674 bits per heavy atom. The predicted molar refractivity (Wildman–Crippen MR) is 535 cm³/mol. The number of hydrogen-bond donors (Lipinski definition) is 13. The summed E-state index contributed by atoms with van der Waals surface area (Å²) in [5.74, 6) is 7.99. The van der Waals surface area contributed by atoms with E-state index in [1.54, 1.807) is 52.1 Å². The molecule has 0 spiro atoms. The van der Waals surface area contributed by atoms with E-state index in [4.69, 9.17) is 132 Å². The van der Waals surface area contributed by atoms with Gasteiger partial charge in [-0.25, -0.2) is 42.7 Å². The molecule has 141 heavy (non-hydrogen) atoms. The van der Waals surface area contributed by atoms with Gasteiger partial charge in [-0.15, -0.1) is 19.6 Å². The number of hydrogen-bond acceptors (Lipinski definition) is 42. The summed E-state index contributed by atoms with van der Waals surface area (Å²) in [6.07, 6.45) is 8.49. The second-order valence-electron chi connectivity index (χ2n) is 32.2. The lowest BCUT2D eigenvalue weighted by atomic mass is 9.92. The predicted octanol–water partition coefficient (Wildman–Crippen LogP) is 17.0. The Morgan fingerprint density at radius 1 is 0.397 bits per heavy atom. The van der Waals surface area contributed by atoms with Crippen molar-refractivity contribution < 1.29 is 97.6 Å². The third kappa shape index (κ3) is 31.1. The van der Waals surface area contributed by atoms with Crippen molar-refractivity contribution in [1.29, 1.82) is 0 Å². The highest BCUT2D eigenvalue weighted by molar-refractivity contribution is 14.1. The van der Waals surface area contributed by atoms with E-state index in [-0.39, 0.29) is 187 Å². The lowest BCUT2D eigenvalue weighted by Crippen LogP contribution is -2.18. The van der Waals surface area contributed by atoms with Gasteiger partial charge in [-0.2, -0.15) is 29.9 Å². The SMILES string of the molecule is C#CCOc1cc(C(C)C)c(Oc2cnc(N)nc2N)cc1I.CCS(=O)(=O)c1cc(Oc2cnc(N)nc2N)c(C(C)C)cc1OC.COc1cc(C(C)C)c(Oc2cnc(N)nc2N)cc1C(C)(C)O.COc1cc(C(C)C)c(Oc2cnc(N)nc2N)cc1F.COc1cc(C(C)C)c(Oc2cnc(N)nc2N)cc1OC(F)(F)F.COc1cc(C(C)C)c(Oc2cnc(N)nc2N)cc1[N+](=O)[O-]. The molecule has 12 rings (SSSR count). The number of nitrogens with zero attached hydrogens (tertiary/aromatic N) is 13. The van der Waals surface area contributed by atoms with Crippen LogP contribution < -0.4 is 130 Å². The molecule has 0 saturated heterocycles. The molecule has 0 unspecified atom stereocenters. The number of nitro groups is 1. The molecule has 25 N–H and O–H groups in total. The summed E-state index contributed by atoms with van der Waals surface area (Å²) >= 11 is 2.17. The largest absolute Gasteiger partial charge is 0.573 e. The van der Waals surface area contributed by atoms with Gasteiger partial charge in [0.2, 0.25) is 35.7 Å². The number of methoxy groups -OCH3 is 5. The highest BCUT2D eigenvalue weighted by Crippen LogP contribution is 2.48. The van der Waals surface area contributed by atoms with Crippen LogP contribution in [0.5, 0.6) is 109 Å². The number of alkyl halides is 3. The molecule has 0 amide bonds. The van der Waals surface area contributed by atoms with E-state index in [0.717, 1.165) is 43.2 Å². The first-order valence-electron chi connectivity index (χ1n) is 42.5. The van der Waals surface area contributed by atoms with Crippen LogP contribution in [0.25, 0.3) is 0 Å². The van der Waals surface area contributed by atoms with E-state index >= 15 is 0 Å². The molecule has 6 aromatic carbocycles. The number of aliphatic hydroxyl groups is 1. The minimum Gasteiger partial charge on any atom is -0.496 e. The number of rotatable bonds is 30. The third-order valence-electron chi connectivity index (χ3n) is 19.6. The highest BCUT2D eigenvalue weighted by Gasteiger charge is 2.35. The minimum absolute atomic E-state index is 0.0136. The van der Waals surface area contributed by atoms with Gasteiger partial charge in [0.05, 0.1) is 98.6 Å². The second kappa shape index (κ2) is 49.4. The van der Waals surface area contributed by atoms with E-state index in [1.807, 2.05) is 87.4 Å². The van der Waals surface area contributed by atoms with Crippen LogP contribution in [-0.2, 0) is 15.4 Å². The molecule has 756 valence electrons. The summed E-state index contributed by atoms with van der Waals surface area (Å²) in [5.41, 5.74) is 71.4. The van der Waals surface area contributed by atoms with Crippen molar-refractivity contribution in [3.05, 3.63) is 168 Å². The van der Waals surface area contributed by atoms with Crippen molar-refractivity contribution in [1.82, 2.24) is 59.8 Å². The van der Waals surface area contributed by atoms with Crippen molar-refractivity contribution in [3.8, 4) is 122 Å². The fourth-order valence-corrected chi connectivity index (χ4v) is 14.1. The Morgan fingerprint density at radius 3 is 0.965 bits per heavy atom. The average Bonchev–Trinajstić information content (AvgIpc) is 0.881. The fourth-order valence-electron chi connectivity index (χ4n) is 12.4. The molecule has 0 aliphatic carbocycles. The quantitative estimate of drug-likeness (QED) is 0.00654. The van der Waals surface area contributed by atoms with Crippen LogP contribution >= 0.6 is 22.6 Å². The number of ether oxygens (including phenoxy) is 13.